The summed E-state index contributed by atoms with van der Waals surface area (Å²) in [5.41, 5.74) is 1.56. The van der Waals surface area contributed by atoms with Crippen LogP contribution in [0, 0.1) is 0 Å². The van der Waals surface area contributed by atoms with Crippen LogP contribution in [0.5, 0.6) is 0 Å². The van der Waals surface area contributed by atoms with Gasteiger partial charge in [0.2, 0.25) is 0 Å². The Kier molecular flexibility index (Phi) is 8.80. The fourth-order valence-corrected chi connectivity index (χ4v) is 0.754. The summed E-state index contributed by atoms with van der Waals surface area (Å²) in [6.07, 6.45) is 8.92. The first-order chi connectivity index (χ1) is 4.85. The van der Waals surface area contributed by atoms with Gasteiger partial charge in [-0.1, -0.05) is 30.7 Å². The van der Waals surface area contributed by atoms with Gasteiger partial charge in [0.1, 0.15) is 0 Å². The number of hydrogen-bond donors (Lipinski definition) is 0. The minimum absolute atomic E-state index is 0.826. The molecule has 0 aromatic carbocycles. The summed E-state index contributed by atoms with van der Waals surface area (Å²) in [4.78, 5) is 0. The van der Waals surface area contributed by atoms with E-state index in [1.54, 1.807) is 5.57 Å². The third-order valence-electron chi connectivity index (χ3n) is 1.30. The van der Waals surface area contributed by atoms with Gasteiger partial charge in [-0.25, -0.2) is 0 Å². The summed E-state index contributed by atoms with van der Waals surface area (Å²) < 4.78 is 0. The van der Waals surface area contributed by atoms with Gasteiger partial charge >= 0.3 is 37.9 Å². The van der Waals surface area contributed by atoms with E-state index in [1.165, 1.54) is 12.8 Å². The molecule has 0 amide bonds. The molecule has 0 aliphatic heterocycles. The molecule has 0 bridgehead atoms. The van der Waals surface area contributed by atoms with Gasteiger partial charge in [-0.05, 0) is 12.8 Å². The van der Waals surface area contributed by atoms with Crippen molar-refractivity contribution in [3.8, 4) is 0 Å². The van der Waals surface area contributed by atoms with Gasteiger partial charge in [-0.15, -0.1) is 0 Å². The second-order valence-electron chi connectivity index (χ2n) is 1.88. The van der Waals surface area contributed by atoms with E-state index in [9.17, 15) is 0 Å². The quantitative estimate of drug-likeness (QED) is 0.671. The Morgan fingerprint density at radius 3 is 2.40 bits per heavy atom. The van der Waals surface area contributed by atoms with Crippen molar-refractivity contribution in [2.75, 3.05) is 0 Å². The molecule has 56 valence electrons. The standard InChI is InChI=1S/C7H10.2ClH.Zr/c1-2-7-5-3-4-6-7;;;/h3-5H,2,6H2,1H3;2*1H;/q;;;+2/p-2. The molecular formula is C7H10Cl2Zr. The summed E-state index contributed by atoms with van der Waals surface area (Å²) in [6.45, 7) is 2.19. The molecular weight excluding hydrogens is 246 g/mol. The van der Waals surface area contributed by atoms with Crippen LogP contribution in [0.1, 0.15) is 19.8 Å². The van der Waals surface area contributed by atoms with Gasteiger partial charge in [-0.3, -0.25) is 0 Å². The van der Waals surface area contributed by atoms with E-state index in [2.05, 4.69) is 25.2 Å². The zero-order valence-electron chi connectivity index (χ0n) is 5.90. The number of hydrogen-bond acceptors (Lipinski definition) is 0. The van der Waals surface area contributed by atoms with E-state index >= 15 is 0 Å². The first kappa shape index (κ1) is 10.9. The minimum atomic E-state index is -0.826. The fourth-order valence-electron chi connectivity index (χ4n) is 0.754. The topological polar surface area (TPSA) is 0 Å². The first-order valence-corrected chi connectivity index (χ1v) is 9.49. The van der Waals surface area contributed by atoms with E-state index in [-0.39, 0.29) is 0 Å². The van der Waals surface area contributed by atoms with Crippen LogP contribution < -0.4 is 0 Å². The van der Waals surface area contributed by atoms with Crippen LogP contribution in [0.2, 0.25) is 0 Å². The van der Waals surface area contributed by atoms with Gasteiger partial charge in [0.25, 0.3) is 0 Å². The molecule has 0 nitrogen and oxygen atoms in total. The molecule has 10 heavy (non-hydrogen) atoms. The van der Waals surface area contributed by atoms with Crippen molar-refractivity contribution in [3.63, 3.8) is 0 Å². The first-order valence-electron chi connectivity index (χ1n) is 3.16. The maximum absolute atomic E-state index is 4.93. The Morgan fingerprint density at radius 1 is 1.60 bits per heavy atom. The van der Waals surface area contributed by atoms with Gasteiger partial charge in [0.15, 0.2) is 0 Å². The molecule has 1 aliphatic carbocycles. The molecule has 0 saturated carbocycles. The summed E-state index contributed by atoms with van der Waals surface area (Å²) in [5, 5.41) is 0. The van der Waals surface area contributed by atoms with Crippen molar-refractivity contribution < 1.29 is 20.8 Å². The van der Waals surface area contributed by atoms with E-state index in [0.29, 0.717) is 0 Å². The van der Waals surface area contributed by atoms with Crippen molar-refractivity contribution in [1.29, 1.82) is 0 Å². The summed E-state index contributed by atoms with van der Waals surface area (Å²) in [6, 6.07) is 0. The zero-order chi connectivity index (χ0) is 7.82. The Bertz CT molecular complexity index is 130. The molecule has 0 N–H and O–H groups in total. The SMILES string of the molecule is CCC1=CC=CC1.[Cl][Zr][Cl]. The van der Waals surface area contributed by atoms with E-state index in [4.69, 9.17) is 17.0 Å². The zero-order valence-corrected chi connectivity index (χ0v) is 9.87. The summed E-state index contributed by atoms with van der Waals surface area (Å²) in [5.74, 6) is 0. The van der Waals surface area contributed by atoms with E-state index in [1.807, 2.05) is 0 Å². The monoisotopic (exact) mass is 254 g/mol. The van der Waals surface area contributed by atoms with Crippen LogP contribution >= 0.6 is 17.0 Å². The molecule has 1 aliphatic rings. The Balaban J connectivity index is 0.000000236. The number of halogens is 2. The molecule has 0 saturated heterocycles. The summed E-state index contributed by atoms with van der Waals surface area (Å²) >= 11 is -0.826. The van der Waals surface area contributed by atoms with Gasteiger partial charge in [0.05, 0.1) is 0 Å². The van der Waals surface area contributed by atoms with Crippen molar-refractivity contribution in [2.45, 2.75) is 19.8 Å². The average molecular weight is 256 g/mol. The molecule has 3 heteroatoms. The molecule has 0 fully saturated rings. The van der Waals surface area contributed by atoms with Crippen LogP contribution in [0.3, 0.4) is 0 Å². The van der Waals surface area contributed by atoms with Crippen molar-refractivity contribution in [1.82, 2.24) is 0 Å². The molecule has 0 radical (unpaired) electrons. The van der Waals surface area contributed by atoms with Gasteiger partial charge in [0, 0.05) is 0 Å². The second kappa shape index (κ2) is 8.04. The normalized spacial score (nSPS) is 13.7. The van der Waals surface area contributed by atoms with E-state index < -0.39 is 20.8 Å². The van der Waals surface area contributed by atoms with Gasteiger partial charge < -0.3 is 0 Å². The average Bonchev–Trinajstić information content (AvgIpc) is 2.39. The Morgan fingerprint density at radius 2 is 2.20 bits per heavy atom. The van der Waals surface area contributed by atoms with Gasteiger partial charge in [-0.2, -0.15) is 0 Å². The molecule has 0 aromatic heterocycles. The van der Waals surface area contributed by atoms with Crippen molar-refractivity contribution in [2.24, 2.45) is 0 Å². The van der Waals surface area contributed by atoms with E-state index in [0.717, 1.165) is 0 Å². The van der Waals surface area contributed by atoms with Crippen LogP contribution in [-0.2, 0) is 20.8 Å². The van der Waals surface area contributed by atoms with Crippen molar-refractivity contribution >= 4 is 17.0 Å². The number of allylic oxidation sites excluding steroid dienone is 4. The van der Waals surface area contributed by atoms with Crippen LogP contribution in [-0.4, -0.2) is 0 Å². The third-order valence-corrected chi connectivity index (χ3v) is 1.30. The van der Waals surface area contributed by atoms with Crippen molar-refractivity contribution in [3.05, 3.63) is 23.8 Å². The summed E-state index contributed by atoms with van der Waals surface area (Å²) in [7, 11) is 9.87. The predicted molar refractivity (Wildman–Crippen MR) is 43.8 cm³/mol. The maximum atomic E-state index is 4.93. The number of rotatable bonds is 1. The van der Waals surface area contributed by atoms with Crippen LogP contribution in [0.25, 0.3) is 0 Å². The third kappa shape index (κ3) is 5.71. The molecule has 1 rings (SSSR count). The molecule has 0 spiro atoms. The fraction of sp³-hybridized carbons (Fsp3) is 0.429. The molecule has 0 heterocycles. The Labute approximate surface area is 81.0 Å². The second-order valence-corrected chi connectivity index (χ2v) is 5.61. The molecule has 0 aromatic rings. The Hall–Kier alpha value is 0.943. The molecule has 0 unspecified atom stereocenters. The predicted octanol–water partition coefficient (Wildman–Crippen LogP) is 3.66. The molecule has 0 atom stereocenters. The van der Waals surface area contributed by atoms with Crippen LogP contribution in [0.15, 0.2) is 23.8 Å². The van der Waals surface area contributed by atoms with Crippen LogP contribution in [0.4, 0.5) is 0 Å².